The topological polar surface area (TPSA) is 194 Å². The van der Waals surface area contributed by atoms with Crippen LogP contribution in [0.25, 0.3) is 0 Å². The van der Waals surface area contributed by atoms with Crippen molar-refractivity contribution >= 4 is 77.7 Å². The first-order valence-electron chi connectivity index (χ1n) is 14.7. The van der Waals surface area contributed by atoms with Crippen LogP contribution in [0.4, 0.5) is 21.0 Å². The van der Waals surface area contributed by atoms with Gasteiger partial charge in [0.1, 0.15) is 27.7 Å². The van der Waals surface area contributed by atoms with Crippen molar-refractivity contribution in [2.24, 2.45) is 0 Å². The van der Waals surface area contributed by atoms with E-state index in [-0.39, 0.29) is 45.6 Å². The van der Waals surface area contributed by atoms with Gasteiger partial charge in [-0.15, -0.1) is 0 Å². The van der Waals surface area contributed by atoms with Crippen molar-refractivity contribution in [3.8, 4) is 11.5 Å². The smallest absolute Gasteiger partial charge is 0.430 e. The Kier molecular flexibility index (Phi) is 19.8. The van der Waals surface area contributed by atoms with Crippen molar-refractivity contribution in [2.75, 3.05) is 0 Å². The Morgan fingerprint density at radius 1 is 0.706 bits per heavy atom. The van der Waals surface area contributed by atoms with E-state index in [1.54, 1.807) is 47.8 Å². The van der Waals surface area contributed by atoms with Gasteiger partial charge in [-0.2, -0.15) is 0 Å². The van der Waals surface area contributed by atoms with E-state index >= 15 is 0 Å². The van der Waals surface area contributed by atoms with Crippen molar-refractivity contribution in [3.05, 3.63) is 118 Å². The first-order chi connectivity index (χ1) is 24.2. The molecule has 0 unspecified atom stereocenters. The summed E-state index contributed by atoms with van der Waals surface area (Å²) in [5, 5.41) is 32.1. The van der Waals surface area contributed by atoms with E-state index in [4.69, 9.17) is 21.1 Å². The summed E-state index contributed by atoms with van der Waals surface area (Å²) in [5.41, 5.74) is -1.13. The average Bonchev–Trinajstić information content (AvgIpc) is 3.11. The van der Waals surface area contributed by atoms with Crippen LogP contribution in [-0.4, -0.2) is 59.2 Å². The molecule has 14 nitrogen and oxygen atoms in total. The minimum atomic E-state index is -0.978. The highest BCUT2D eigenvalue weighted by atomic mass is 35.5. The number of aliphatic hydroxyl groups excluding tert-OH is 1. The van der Waals surface area contributed by atoms with Gasteiger partial charge in [0.25, 0.3) is 11.4 Å². The first-order valence-corrected chi connectivity index (χ1v) is 19.5. The average molecular weight is 797 g/mol. The second-order valence-electron chi connectivity index (χ2n) is 9.86. The van der Waals surface area contributed by atoms with E-state index in [0.29, 0.717) is 0 Å². The quantitative estimate of drug-likeness (QED) is 0.0335. The van der Waals surface area contributed by atoms with E-state index in [2.05, 4.69) is 14.7 Å². The van der Waals surface area contributed by atoms with Gasteiger partial charge in [0.2, 0.25) is 0 Å². The zero-order chi connectivity index (χ0) is 37.8. The SMILES string of the molecule is C[C@H](O)[C@H](C)SSc1ccccn1.C[C@H](OC(=O)Oc1ccc([N+](=O)[O-])cc1)[C@H](C)SSc1ccccn1.O=C(Cl)Oc1ccc([N+](=O)[O-])cc1. The Bertz CT molecular complexity index is 1660. The second-order valence-corrected chi connectivity index (χ2v) is 15.4. The highest BCUT2D eigenvalue weighted by molar-refractivity contribution is 8.77. The third kappa shape index (κ3) is 18.1. The van der Waals surface area contributed by atoms with Gasteiger partial charge >= 0.3 is 11.6 Å². The van der Waals surface area contributed by atoms with Crippen molar-refractivity contribution in [1.82, 2.24) is 9.97 Å². The number of hydrogen-bond acceptors (Lipinski definition) is 16. The lowest BCUT2D eigenvalue weighted by atomic mass is 10.3. The molecule has 0 amide bonds. The van der Waals surface area contributed by atoms with Gasteiger partial charge in [0.05, 0.1) is 16.0 Å². The van der Waals surface area contributed by atoms with Crippen molar-refractivity contribution in [1.29, 1.82) is 0 Å². The number of non-ortho nitro benzene ring substituents is 2. The number of hydrogen-bond donors (Lipinski definition) is 1. The van der Waals surface area contributed by atoms with Gasteiger partial charge < -0.3 is 19.3 Å². The first kappa shape index (κ1) is 43.1. The highest BCUT2D eigenvalue weighted by Gasteiger charge is 2.20. The predicted octanol–water partition coefficient (Wildman–Crippen LogP) is 9.65. The molecule has 4 atom stereocenters. The number of nitrogens with zero attached hydrogens (tertiary/aromatic N) is 4. The van der Waals surface area contributed by atoms with E-state index in [1.807, 2.05) is 50.2 Å². The summed E-state index contributed by atoms with van der Waals surface area (Å²) < 4.78 is 14.7. The lowest BCUT2D eigenvalue weighted by Gasteiger charge is -2.18. The van der Waals surface area contributed by atoms with Crippen molar-refractivity contribution in [3.63, 3.8) is 0 Å². The summed E-state index contributed by atoms with van der Waals surface area (Å²) in [6.45, 7) is 7.51. The van der Waals surface area contributed by atoms with Gasteiger partial charge in [0.15, 0.2) is 0 Å². The third-order valence-electron chi connectivity index (χ3n) is 5.96. The number of nitro benzene ring substituents is 2. The van der Waals surface area contributed by atoms with Gasteiger partial charge in [-0.1, -0.05) is 33.7 Å². The summed E-state index contributed by atoms with van der Waals surface area (Å²) in [4.78, 5) is 50.1. The molecule has 2 heterocycles. The maximum absolute atomic E-state index is 11.8. The molecule has 4 rings (SSSR count). The molecule has 0 aliphatic rings. The number of pyridine rings is 2. The van der Waals surface area contributed by atoms with Gasteiger partial charge in [-0.25, -0.2) is 19.6 Å². The number of carbonyl (C=O) groups is 2. The van der Waals surface area contributed by atoms with E-state index < -0.39 is 21.4 Å². The molecule has 272 valence electrons. The Balaban J connectivity index is 0.000000292. The monoisotopic (exact) mass is 796 g/mol. The lowest BCUT2D eigenvalue weighted by Crippen LogP contribution is -2.25. The standard InChI is InChI=1S/C16H16N2O5S2.C9H13NOS2.C7H4ClNO4/c1-11(12(2)24-25-15-5-3-4-10-17-15)22-16(19)23-14-8-6-13(7-9-14)18(20)21;1-7(11)8(2)12-13-9-5-3-4-6-10-9;8-7(10)13-6-3-1-5(2-4-6)9(11)12/h3-12H,1-2H3;3-8,11H,1-2H3;1-4H/t11-,12-;7-,8-;/m00./s1. The van der Waals surface area contributed by atoms with Crippen LogP contribution >= 0.6 is 54.8 Å². The highest BCUT2D eigenvalue weighted by Crippen LogP contribution is 2.35. The summed E-state index contributed by atoms with van der Waals surface area (Å²) in [6, 6.07) is 21.7. The molecule has 0 fully saturated rings. The number of aliphatic hydroxyl groups is 1. The largest absolute Gasteiger partial charge is 0.514 e. The van der Waals surface area contributed by atoms with E-state index in [9.17, 15) is 34.9 Å². The molecule has 0 spiro atoms. The molecule has 19 heteroatoms. The molecule has 0 radical (unpaired) electrons. The molecule has 0 aliphatic carbocycles. The zero-order valence-corrected chi connectivity index (χ0v) is 31.5. The Hall–Kier alpha value is -4.07. The van der Waals surface area contributed by atoms with Crippen LogP contribution in [0.3, 0.4) is 0 Å². The van der Waals surface area contributed by atoms with Crippen LogP contribution in [-0.2, 0) is 4.74 Å². The summed E-state index contributed by atoms with van der Waals surface area (Å²) in [5.74, 6) is 0.358. The number of ether oxygens (including phenoxy) is 3. The third-order valence-corrected chi connectivity index (χ3v) is 11.9. The lowest BCUT2D eigenvalue weighted by molar-refractivity contribution is -0.385. The Morgan fingerprint density at radius 2 is 1.14 bits per heavy atom. The van der Waals surface area contributed by atoms with Crippen LogP contribution in [0.15, 0.2) is 107 Å². The molecular weight excluding hydrogens is 764 g/mol. The van der Waals surface area contributed by atoms with Crippen LogP contribution in [0.1, 0.15) is 27.7 Å². The summed E-state index contributed by atoms with van der Waals surface area (Å²) in [7, 11) is 6.28. The van der Waals surface area contributed by atoms with Gasteiger partial charge in [0, 0.05) is 58.8 Å². The second kappa shape index (κ2) is 23.4. The summed E-state index contributed by atoms with van der Waals surface area (Å²) >= 11 is 4.92. The maximum Gasteiger partial charge on any atom is 0.514 e. The predicted molar refractivity (Wildman–Crippen MR) is 201 cm³/mol. The molecule has 0 saturated heterocycles. The maximum atomic E-state index is 11.8. The molecule has 0 bridgehead atoms. The zero-order valence-electron chi connectivity index (χ0n) is 27.5. The minimum Gasteiger partial charge on any atom is -0.430 e. The fraction of sp³-hybridized carbons (Fsp3) is 0.250. The molecule has 51 heavy (non-hydrogen) atoms. The number of benzene rings is 2. The van der Waals surface area contributed by atoms with Crippen LogP contribution in [0, 0.1) is 20.2 Å². The van der Waals surface area contributed by atoms with Crippen LogP contribution < -0.4 is 9.47 Å². The fourth-order valence-electron chi connectivity index (χ4n) is 2.93. The molecule has 4 aromatic rings. The van der Waals surface area contributed by atoms with Gasteiger partial charge in [-0.3, -0.25) is 20.2 Å². The van der Waals surface area contributed by atoms with Crippen LogP contribution in [0.2, 0.25) is 0 Å². The molecule has 2 aromatic carbocycles. The number of rotatable bonds is 13. The Labute approximate surface area is 314 Å². The molecule has 0 saturated carbocycles. The van der Waals surface area contributed by atoms with E-state index in [0.717, 1.165) is 10.1 Å². The number of aromatic nitrogens is 2. The fourth-order valence-corrected chi connectivity index (χ4v) is 7.42. The number of nitro groups is 2. The Morgan fingerprint density at radius 3 is 1.51 bits per heavy atom. The van der Waals surface area contributed by atoms with E-state index in [1.165, 1.54) is 70.1 Å². The molecular formula is C32H33ClN4O10S4. The minimum absolute atomic E-state index is 0.0106. The number of halogens is 1. The van der Waals surface area contributed by atoms with Crippen LogP contribution in [0.5, 0.6) is 11.5 Å². The molecule has 1 N–H and O–H groups in total. The normalized spacial score (nSPS) is 12.6. The van der Waals surface area contributed by atoms with Gasteiger partial charge in [-0.05, 0) is 97.8 Å². The van der Waals surface area contributed by atoms with Crippen molar-refractivity contribution in [2.45, 2.75) is 60.5 Å². The molecule has 2 aromatic heterocycles. The number of carbonyl (C=O) groups excluding carboxylic acids is 2. The summed E-state index contributed by atoms with van der Waals surface area (Å²) in [6.07, 6.45) is 1.98. The van der Waals surface area contributed by atoms with Crippen molar-refractivity contribution < 1.29 is 38.8 Å². The molecule has 0 aliphatic heterocycles.